The predicted octanol–water partition coefficient (Wildman–Crippen LogP) is 1.29. The fourth-order valence-electron chi connectivity index (χ4n) is 2.60. The second kappa shape index (κ2) is 5.65. The minimum absolute atomic E-state index is 0.292. The molecule has 0 aromatic carbocycles. The normalized spacial score (nSPS) is 20.9. The number of pyridine rings is 1. The molecule has 0 spiro atoms. The van der Waals surface area contributed by atoms with Crippen molar-refractivity contribution in [3.05, 3.63) is 41.9 Å². The van der Waals surface area contributed by atoms with Gasteiger partial charge in [0.1, 0.15) is 5.82 Å². The topological polar surface area (TPSA) is 94.0 Å². The third-order valence-electron chi connectivity index (χ3n) is 3.86. The molecule has 4 N–H and O–H groups in total. The number of hydrogen-bond acceptors (Lipinski definition) is 6. The minimum atomic E-state index is 0.292. The predicted molar refractivity (Wildman–Crippen MR) is 82.7 cm³/mol. The van der Waals surface area contributed by atoms with E-state index in [-0.39, 0.29) is 0 Å². The van der Waals surface area contributed by atoms with Crippen LogP contribution < -0.4 is 16.4 Å². The van der Waals surface area contributed by atoms with Gasteiger partial charge in [0.05, 0.1) is 17.9 Å². The van der Waals surface area contributed by atoms with Gasteiger partial charge < -0.3 is 16.4 Å². The number of anilines is 2. The number of aromatic nitrogens is 3. The number of nitrogen functional groups attached to an aromatic ring is 1. The molecule has 0 aliphatic heterocycles. The minimum Gasteiger partial charge on any atom is -0.368 e. The van der Waals surface area contributed by atoms with E-state index < -0.39 is 0 Å². The third-order valence-corrected chi connectivity index (χ3v) is 3.86. The summed E-state index contributed by atoms with van der Waals surface area (Å²) in [6, 6.07) is 8.18. The summed E-state index contributed by atoms with van der Waals surface area (Å²) in [4.78, 5) is 15.0. The van der Waals surface area contributed by atoms with Crippen LogP contribution in [0.4, 0.5) is 11.8 Å². The van der Waals surface area contributed by atoms with Crippen LogP contribution >= 0.6 is 0 Å². The van der Waals surface area contributed by atoms with Gasteiger partial charge in [-0.05, 0) is 25.0 Å². The monoisotopic (exact) mass is 284 g/mol. The highest BCUT2D eigenvalue weighted by atomic mass is 15.2. The number of nitrogens with zero attached hydrogens (tertiary/aromatic N) is 4. The molecule has 1 saturated carbocycles. The lowest BCUT2D eigenvalue weighted by Crippen LogP contribution is -2.35. The van der Waals surface area contributed by atoms with Crippen molar-refractivity contribution in [3.63, 3.8) is 0 Å². The molecule has 0 atom stereocenters. The summed E-state index contributed by atoms with van der Waals surface area (Å²) in [7, 11) is 1.98. The largest absolute Gasteiger partial charge is 0.368 e. The van der Waals surface area contributed by atoms with Gasteiger partial charge in [-0.3, -0.25) is 4.98 Å². The molecule has 6 nitrogen and oxygen atoms in total. The maximum absolute atomic E-state index is 5.85. The van der Waals surface area contributed by atoms with Crippen molar-refractivity contribution in [3.8, 4) is 0 Å². The molecule has 0 radical (unpaired) electrons. The fourth-order valence-corrected chi connectivity index (χ4v) is 2.60. The Balaban J connectivity index is 1.78. The molecule has 1 aliphatic carbocycles. The summed E-state index contributed by atoms with van der Waals surface area (Å²) in [5, 5.41) is 0. The Kier molecular flexibility index (Phi) is 3.70. The van der Waals surface area contributed by atoms with Crippen molar-refractivity contribution >= 4 is 11.8 Å². The Labute approximate surface area is 124 Å². The number of nitrogens with two attached hydrogens (primary N) is 2. The first kappa shape index (κ1) is 13.8. The van der Waals surface area contributed by atoms with Gasteiger partial charge in [-0.25, -0.2) is 4.98 Å². The fraction of sp³-hybridized carbons (Fsp3) is 0.400. The van der Waals surface area contributed by atoms with Crippen LogP contribution in [0.25, 0.3) is 0 Å². The molecule has 1 fully saturated rings. The van der Waals surface area contributed by atoms with Gasteiger partial charge >= 0.3 is 0 Å². The van der Waals surface area contributed by atoms with Crippen LogP contribution in [0.15, 0.2) is 30.5 Å². The molecule has 6 heteroatoms. The molecular formula is C15H20N6. The van der Waals surface area contributed by atoms with E-state index in [4.69, 9.17) is 11.5 Å². The van der Waals surface area contributed by atoms with Crippen LogP contribution in [0.2, 0.25) is 0 Å². The Morgan fingerprint density at radius 2 is 2.10 bits per heavy atom. The molecule has 0 saturated heterocycles. The first-order valence-electron chi connectivity index (χ1n) is 7.13. The van der Waals surface area contributed by atoms with E-state index in [0.29, 0.717) is 24.5 Å². The van der Waals surface area contributed by atoms with Crippen LogP contribution in [0, 0.1) is 0 Å². The lowest BCUT2D eigenvalue weighted by atomic mass is 9.78. The van der Waals surface area contributed by atoms with Crippen LogP contribution in [-0.4, -0.2) is 28.0 Å². The van der Waals surface area contributed by atoms with Crippen molar-refractivity contribution in [2.75, 3.05) is 17.7 Å². The highest BCUT2D eigenvalue weighted by molar-refractivity contribution is 5.44. The molecule has 3 rings (SSSR count). The summed E-state index contributed by atoms with van der Waals surface area (Å²) in [5.41, 5.74) is 13.7. The van der Waals surface area contributed by atoms with Crippen molar-refractivity contribution in [2.45, 2.75) is 31.3 Å². The van der Waals surface area contributed by atoms with E-state index in [9.17, 15) is 0 Å². The van der Waals surface area contributed by atoms with Gasteiger partial charge in [-0.1, -0.05) is 6.07 Å². The zero-order valence-electron chi connectivity index (χ0n) is 12.1. The molecule has 2 aromatic rings. The van der Waals surface area contributed by atoms with Gasteiger partial charge in [-0.2, -0.15) is 4.98 Å². The quantitative estimate of drug-likeness (QED) is 0.878. The Hall–Kier alpha value is -2.21. The van der Waals surface area contributed by atoms with E-state index in [1.54, 1.807) is 6.20 Å². The van der Waals surface area contributed by atoms with Gasteiger partial charge in [0.15, 0.2) is 0 Å². The summed E-state index contributed by atoms with van der Waals surface area (Å²) >= 11 is 0. The van der Waals surface area contributed by atoms with Crippen molar-refractivity contribution < 1.29 is 0 Å². The van der Waals surface area contributed by atoms with Crippen molar-refractivity contribution in [1.82, 2.24) is 15.0 Å². The standard InChI is InChI=1S/C15H20N6/c1-21(9-12-4-2-3-5-18-12)14-8-13(19-15(17)20-14)10-6-11(16)7-10/h2-5,8,10-11H,6-7,9,16H2,1H3,(H2,17,19,20). The Bertz CT molecular complexity index is 609. The van der Waals surface area contributed by atoms with Gasteiger partial charge in [-0.15, -0.1) is 0 Å². The Morgan fingerprint density at radius 3 is 2.76 bits per heavy atom. The molecule has 0 unspecified atom stereocenters. The smallest absolute Gasteiger partial charge is 0.222 e. The molecule has 0 amide bonds. The lowest BCUT2D eigenvalue weighted by Gasteiger charge is -2.32. The van der Waals surface area contributed by atoms with Gasteiger partial charge in [0.25, 0.3) is 0 Å². The average molecular weight is 284 g/mol. The third kappa shape index (κ3) is 3.11. The van der Waals surface area contributed by atoms with E-state index in [1.807, 2.05) is 36.2 Å². The lowest BCUT2D eigenvalue weighted by molar-refractivity contribution is 0.345. The average Bonchev–Trinajstić information content (AvgIpc) is 2.44. The van der Waals surface area contributed by atoms with Crippen LogP contribution in [0.3, 0.4) is 0 Å². The van der Waals surface area contributed by atoms with E-state index in [0.717, 1.165) is 30.0 Å². The molecule has 0 bridgehead atoms. The molecule has 1 aliphatic rings. The van der Waals surface area contributed by atoms with Crippen LogP contribution in [0.1, 0.15) is 30.1 Å². The van der Waals surface area contributed by atoms with E-state index >= 15 is 0 Å². The summed E-state index contributed by atoms with van der Waals surface area (Å²) in [6.07, 6.45) is 3.73. The molecule has 21 heavy (non-hydrogen) atoms. The van der Waals surface area contributed by atoms with Crippen molar-refractivity contribution in [1.29, 1.82) is 0 Å². The van der Waals surface area contributed by atoms with Crippen LogP contribution in [0.5, 0.6) is 0 Å². The molecule has 2 aromatic heterocycles. The maximum Gasteiger partial charge on any atom is 0.222 e. The first-order chi connectivity index (χ1) is 10.1. The SMILES string of the molecule is CN(Cc1ccccn1)c1cc(C2CC(N)C2)nc(N)n1. The Morgan fingerprint density at radius 1 is 1.29 bits per heavy atom. The molecular weight excluding hydrogens is 264 g/mol. The van der Waals surface area contributed by atoms with E-state index in [1.165, 1.54) is 0 Å². The summed E-state index contributed by atoms with van der Waals surface area (Å²) in [5.74, 6) is 1.55. The maximum atomic E-state index is 5.85. The zero-order valence-corrected chi connectivity index (χ0v) is 12.1. The van der Waals surface area contributed by atoms with Gasteiger partial charge in [0, 0.05) is 31.3 Å². The first-order valence-corrected chi connectivity index (χ1v) is 7.13. The molecule has 2 heterocycles. The molecule has 110 valence electrons. The number of hydrogen-bond donors (Lipinski definition) is 2. The van der Waals surface area contributed by atoms with Crippen LogP contribution in [-0.2, 0) is 6.54 Å². The number of rotatable bonds is 4. The highest BCUT2D eigenvalue weighted by Crippen LogP contribution is 2.35. The highest BCUT2D eigenvalue weighted by Gasteiger charge is 2.29. The summed E-state index contributed by atoms with van der Waals surface area (Å²) < 4.78 is 0. The van der Waals surface area contributed by atoms with Gasteiger partial charge in [0.2, 0.25) is 5.95 Å². The zero-order chi connectivity index (χ0) is 14.8. The second-order valence-electron chi connectivity index (χ2n) is 5.61. The van der Waals surface area contributed by atoms with E-state index in [2.05, 4.69) is 15.0 Å². The second-order valence-corrected chi connectivity index (χ2v) is 5.61. The summed E-state index contributed by atoms with van der Waals surface area (Å²) in [6.45, 7) is 0.681. The van der Waals surface area contributed by atoms with Crippen molar-refractivity contribution in [2.24, 2.45) is 5.73 Å².